The van der Waals surface area contributed by atoms with Crippen LogP contribution in [0.25, 0.3) is 0 Å². The summed E-state index contributed by atoms with van der Waals surface area (Å²) in [6.45, 7) is 1.42. The highest BCUT2D eigenvalue weighted by Gasteiger charge is 2.21. The number of nitrogens with two attached hydrogens (primary N) is 1. The molecule has 28 heavy (non-hydrogen) atoms. The van der Waals surface area contributed by atoms with Gasteiger partial charge in [0.05, 0.1) is 11.9 Å². The average Bonchev–Trinajstić information content (AvgIpc) is 2.93. The van der Waals surface area contributed by atoms with E-state index in [0.29, 0.717) is 23.7 Å². The number of likely N-dealkylation sites (tertiary alicyclic amines) is 1. The highest BCUT2D eigenvalue weighted by molar-refractivity contribution is 5.97. The van der Waals surface area contributed by atoms with Crippen molar-refractivity contribution in [2.75, 3.05) is 37.4 Å². The minimum Gasteiger partial charge on any atom is -0.381 e. The minimum absolute atomic E-state index is 0.00586. The van der Waals surface area contributed by atoms with Gasteiger partial charge >= 0.3 is 0 Å². The molecule has 0 saturated carbocycles. The van der Waals surface area contributed by atoms with Crippen molar-refractivity contribution < 1.29 is 9.59 Å². The molecule has 7 heteroatoms. The molecule has 1 unspecified atom stereocenters. The Morgan fingerprint density at radius 2 is 1.79 bits per heavy atom. The van der Waals surface area contributed by atoms with Gasteiger partial charge in [0.25, 0.3) is 5.91 Å². The van der Waals surface area contributed by atoms with Crippen LogP contribution in [-0.4, -0.2) is 54.9 Å². The molecular weight excluding hydrogens is 354 g/mol. The Hall–Kier alpha value is -3.09. The van der Waals surface area contributed by atoms with Crippen molar-refractivity contribution in [3.8, 4) is 0 Å². The third kappa shape index (κ3) is 4.79. The van der Waals surface area contributed by atoms with Crippen molar-refractivity contribution in [1.82, 2.24) is 9.88 Å². The first kappa shape index (κ1) is 19.7. The fourth-order valence-corrected chi connectivity index (χ4v) is 3.38. The van der Waals surface area contributed by atoms with Crippen LogP contribution in [0.1, 0.15) is 40.0 Å². The lowest BCUT2D eigenvalue weighted by Gasteiger charge is -2.21. The van der Waals surface area contributed by atoms with E-state index < -0.39 is 5.91 Å². The molecule has 1 atom stereocenters. The fraction of sp³-hybridized carbons (Fsp3) is 0.381. The van der Waals surface area contributed by atoms with Gasteiger partial charge in [0, 0.05) is 44.4 Å². The topological polar surface area (TPSA) is 91.6 Å². The first-order valence-corrected chi connectivity index (χ1v) is 9.53. The second kappa shape index (κ2) is 8.73. The molecule has 148 valence electrons. The molecular formula is C21H27N5O2. The summed E-state index contributed by atoms with van der Waals surface area (Å²) in [5.74, 6) is 0.426. The predicted octanol–water partition coefficient (Wildman–Crippen LogP) is 2.35. The first-order valence-electron chi connectivity index (χ1n) is 9.53. The van der Waals surface area contributed by atoms with E-state index in [1.54, 1.807) is 24.3 Å². The summed E-state index contributed by atoms with van der Waals surface area (Å²) >= 11 is 0. The molecule has 2 amide bonds. The molecule has 1 aliphatic rings. The highest BCUT2D eigenvalue weighted by Crippen LogP contribution is 2.19. The molecule has 1 aromatic carbocycles. The number of amides is 2. The molecule has 1 aliphatic heterocycles. The van der Waals surface area contributed by atoms with Crippen molar-refractivity contribution in [1.29, 1.82) is 0 Å². The summed E-state index contributed by atoms with van der Waals surface area (Å²) in [5.41, 5.74) is 7.25. The quantitative estimate of drug-likeness (QED) is 0.830. The van der Waals surface area contributed by atoms with Gasteiger partial charge in [-0.05, 0) is 55.7 Å². The van der Waals surface area contributed by atoms with Crippen LogP contribution >= 0.6 is 0 Å². The van der Waals surface area contributed by atoms with Crippen molar-refractivity contribution in [2.45, 2.75) is 25.3 Å². The van der Waals surface area contributed by atoms with Gasteiger partial charge in [0.2, 0.25) is 5.91 Å². The molecule has 3 rings (SSSR count). The Labute approximate surface area is 165 Å². The van der Waals surface area contributed by atoms with Gasteiger partial charge in [-0.15, -0.1) is 0 Å². The zero-order chi connectivity index (χ0) is 20.1. The molecule has 1 saturated heterocycles. The molecule has 2 aromatic rings. The molecule has 2 heterocycles. The third-order valence-electron chi connectivity index (χ3n) is 5.01. The highest BCUT2D eigenvalue weighted by atomic mass is 16.2. The van der Waals surface area contributed by atoms with Gasteiger partial charge in [-0.25, -0.2) is 4.98 Å². The van der Waals surface area contributed by atoms with Crippen LogP contribution in [0.3, 0.4) is 0 Å². The molecule has 0 aliphatic carbocycles. The monoisotopic (exact) mass is 381 g/mol. The van der Waals surface area contributed by atoms with Crippen LogP contribution in [-0.2, 0) is 0 Å². The molecule has 0 spiro atoms. The maximum atomic E-state index is 12.8. The fourth-order valence-electron chi connectivity index (χ4n) is 3.38. The number of hydrogen-bond acceptors (Lipinski definition) is 5. The van der Waals surface area contributed by atoms with E-state index in [4.69, 9.17) is 5.73 Å². The van der Waals surface area contributed by atoms with Crippen LogP contribution in [0, 0.1) is 0 Å². The number of pyridine rings is 1. The van der Waals surface area contributed by atoms with Crippen LogP contribution in [0.15, 0.2) is 42.6 Å². The lowest BCUT2D eigenvalue weighted by atomic mass is 10.1. The molecule has 1 aromatic heterocycles. The third-order valence-corrected chi connectivity index (χ3v) is 5.01. The number of nitrogens with zero attached hydrogens (tertiary/aromatic N) is 3. The number of benzene rings is 1. The van der Waals surface area contributed by atoms with Crippen molar-refractivity contribution in [2.24, 2.45) is 5.73 Å². The summed E-state index contributed by atoms with van der Waals surface area (Å²) in [6, 6.07) is 10.9. The van der Waals surface area contributed by atoms with E-state index in [2.05, 4.69) is 10.3 Å². The zero-order valence-electron chi connectivity index (χ0n) is 16.4. The van der Waals surface area contributed by atoms with E-state index in [0.717, 1.165) is 37.3 Å². The SMILES string of the molecule is CN(C)c1ccc(NC2CCCN(C(=O)c3ccc(C(N)=O)cc3)CC2)cn1. The van der Waals surface area contributed by atoms with Crippen molar-refractivity contribution in [3.05, 3.63) is 53.7 Å². The summed E-state index contributed by atoms with van der Waals surface area (Å²) < 4.78 is 0. The zero-order valence-corrected chi connectivity index (χ0v) is 16.4. The van der Waals surface area contributed by atoms with Gasteiger partial charge in [-0.3, -0.25) is 9.59 Å². The average molecular weight is 381 g/mol. The Morgan fingerprint density at radius 1 is 1.07 bits per heavy atom. The van der Waals surface area contributed by atoms with Gasteiger partial charge in [-0.1, -0.05) is 0 Å². The number of primary amides is 1. The lowest BCUT2D eigenvalue weighted by Crippen LogP contribution is -2.32. The Kier molecular flexibility index (Phi) is 6.13. The summed E-state index contributed by atoms with van der Waals surface area (Å²) in [4.78, 5) is 32.2. The Bertz CT molecular complexity index is 818. The van der Waals surface area contributed by atoms with Gasteiger partial charge in [-0.2, -0.15) is 0 Å². The Balaban J connectivity index is 1.58. The van der Waals surface area contributed by atoms with Crippen LogP contribution < -0.4 is 16.0 Å². The maximum absolute atomic E-state index is 12.8. The summed E-state index contributed by atoms with van der Waals surface area (Å²) in [5, 5.41) is 3.54. The van der Waals surface area contributed by atoms with Gasteiger partial charge in [0.1, 0.15) is 5.82 Å². The minimum atomic E-state index is -0.490. The predicted molar refractivity (Wildman–Crippen MR) is 111 cm³/mol. The Morgan fingerprint density at radius 3 is 2.39 bits per heavy atom. The normalized spacial score (nSPS) is 16.9. The molecule has 7 nitrogen and oxygen atoms in total. The van der Waals surface area contributed by atoms with Gasteiger partial charge < -0.3 is 20.9 Å². The largest absolute Gasteiger partial charge is 0.381 e. The number of carbonyl (C=O) groups excluding carboxylic acids is 2. The standard InChI is InChI=1S/C21H27N5O2/c1-25(2)19-10-9-18(14-23-19)24-17-4-3-12-26(13-11-17)21(28)16-7-5-15(6-8-16)20(22)27/h5-10,14,17,24H,3-4,11-13H2,1-2H3,(H2,22,27). The number of hydrogen-bond donors (Lipinski definition) is 2. The lowest BCUT2D eigenvalue weighted by molar-refractivity contribution is 0.0761. The van der Waals surface area contributed by atoms with E-state index in [-0.39, 0.29) is 5.91 Å². The summed E-state index contributed by atoms with van der Waals surface area (Å²) in [6.07, 6.45) is 4.66. The number of nitrogens with one attached hydrogen (secondary N) is 1. The van der Waals surface area contributed by atoms with E-state index in [9.17, 15) is 9.59 Å². The molecule has 3 N–H and O–H groups in total. The molecule has 1 fully saturated rings. The first-order chi connectivity index (χ1) is 13.4. The maximum Gasteiger partial charge on any atom is 0.253 e. The van der Waals surface area contributed by atoms with Gasteiger partial charge in [0.15, 0.2) is 0 Å². The number of carbonyl (C=O) groups is 2. The summed E-state index contributed by atoms with van der Waals surface area (Å²) in [7, 11) is 3.93. The van der Waals surface area contributed by atoms with E-state index in [1.807, 2.05) is 42.2 Å². The van der Waals surface area contributed by atoms with Crippen LogP contribution in [0.5, 0.6) is 0 Å². The number of rotatable bonds is 5. The van der Waals surface area contributed by atoms with E-state index >= 15 is 0 Å². The number of anilines is 2. The van der Waals surface area contributed by atoms with Crippen LogP contribution in [0.2, 0.25) is 0 Å². The van der Waals surface area contributed by atoms with Crippen LogP contribution in [0.4, 0.5) is 11.5 Å². The molecule has 0 radical (unpaired) electrons. The van der Waals surface area contributed by atoms with E-state index in [1.165, 1.54) is 0 Å². The second-order valence-corrected chi connectivity index (χ2v) is 7.31. The van der Waals surface area contributed by atoms with Crippen molar-refractivity contribution >= 4 is 23.3 Å². The number of aromatic nitrogens is 1. The molecule has 0 bridgehead atoms. The van der Waals surface area contributed by atoms with Crippen molar-refractivity contribution in [3.63, 3.8) is 0 Å². The smallest absolute Gasteiger partial charge is 0.253 e. The second-order valence-electron chi connectivity index (χ2n) is 7.31.